The van der Waals surface area contributed by atoms with Gasteiger partial charge in [0.25, 0.3) is 0 Å². The van der Waals surface area contributed by atoms with E-state index in [-0.39, 0.29) is 6.04 Å². The van der Waals surface area contributed by atoms with Crippen LogP contribution in [0.5, 0.6) is 5.75 Å². The summed E-state index contributed by atoms with van der Waals surface area (Å²) in [6.45, 7) is 6.76. The zero-order valence-corrected chi connectivity index (χ0v) is 15.3. The molecule has 3 aromatic rings. The molecule has 0 radical (unpaired) electrons. The lowest BCUT2D eigenvalue weighted by atomic mass is 10.1. The second kappa shape index (κ2) is 6.49. The molecule has 3 aromatic heterocycles. The number of nitrogens with zero attached hydrogens (tertiary/aromatic N) is 6. The van der Waals surface area contributed by atoms with Gasteiger partial charge in [-0.1, -0.05) is 0 Å². The topological polar surface area (TPSA) is 108 Å². The number of aromatic nitrogens is 6. The van der Waals surface area contributed by atoms with Crippen LogP contribution in [0.2, 0.25) is 0 Å². The number of ether oxygens (including phenoxy) is 1. The molecule has 0 spiro atoms. The number of carboxylic acid groups (broad SMARTS) is 1. The van der Waals surface area contributed by atoms with Crippen molar-refractivity contribution in [1.29, 1.82) is 0 Å². The van der Waals surface area contributed by atoms with Gasteiger partial charge in [-0.25, -0.2) is 14.6 Å². The molecule has 1 aliphatic rings. The second-order valence-corrected chi connectivity index (χ2v) is 6.78. The molecule has 4 rings (SSSR count). The molecule has 0 saturated heterocycles. The molecule has 140 valence electrons. The zero-order valence-electron chi connectivity index (χ0n) is 15.3. The van der Waals surface area contributed by atoms with Crippen molar-refractivity contribution in [3.05, 3.63) is 30.5 Å². The second-order valence-electron chi connectivity index (χ2n) is 6.78. The Labute approximate surface area is 155 Å². The maximum absolute atomic E-state index is 11.2. The number of pyridine rings is 1. The van der Waals surface area contributed by atoms with Crippen molar-refractivity contribution in [2.45, 2.75) is 39.3 Å². The number of carbonyl (C=O) groups is 1. The maximum atomic E-state index is 11.2. The Morgan fingerprint density at radius 2 is 2.07 bits per heavy atom. The highest BCUT2D eigenvalue weighted by molar-refractivity contribution is 5.76. The number of hydrogen-bond acceptors (Lipinski definition) is 6. The molecule has 0 amide bonds. The molecule has 1 unspecified atom stereocenters. The Bertz CT molecular complexity index is 1010. The highest BCUT2D eigenvalue weighted by atomic mass is 16.5. The molecule has 4 heterocycles. The summed E-state index contributed by atoms with van der Waals surface area (Å²) in [7, 11) is 0. The van der Waals surface area contributed by atoms with E-state index in [1.165, 1.54) is 6.33 Å². The van der Waals surface area contributed by atoms with Crippen LogP contribution in [0, 0.1) is 0 Å². The third-order valence-electron chi connectivity index (χ3n) is 4.60. The summed E-state index contributed by atoms with van der Waals surface area (Å²) in [4.78, 5) is 24.7. The van der Waals surface area contributed by atoms with E-state index in [1.54, 1.807) is 19.2 Å². The number of rotatable bonds is 4. The number of fused-ring (bicyclic) bond motifs is 3. The van der Waals surface area contributed by atoms with E-state index >= 15 is 0 Å². The van der Waals surface area contributed by atoms with Crippen LogP contribution in [-0.2, 0) is 11.3 Å². The quantitative estimate of drug-likeness (QED) is 0.753. The van der Waals surface area contributed by atoms with Gasteiger partial charge >= 0.3 is 5.97 Å². The van der Waals surface area contributed by atoms with Crippen LogP contribution in [0.1, 0.15) is 38.4 Å². The molecule has 0 saturated carbocycles. The SMILES string of the molecule is CC(C(=O)O)c1cc2c(cn1)-c1nc(-c3ncnn3C(C)C)cn1CCO2. The summed E-state index contributed by atoms with van der Waals surface area (Å²) in [5.41, 5.74) is 1.92. The van der Waals surface area contributed by atoms with E-state index in [0.29, 0.717) is 30.4 Å². The van der Waals surface area contributed by atoms with Gasteiger partial charge in [0, 0.05) is 24.5 Å². The van der Waals surface area contributed by atoms with Crippen molar-refractivity contribution in [3.8, 4) is 28.7 Å². The molecule has 9 nitrogen and oxygen atoms in total. The summed E-state index contributed by atoms with van der Waals surface area (Å²) in [5, 5.41) is 13.5. The fourth-order valence-corrected chi connectivity index (χ4v) is 3.08. The van der Waals surface area contributed by atoms with Crippen LogP contribution in [0.25, 0.3) is 22.9 Å². The Hall–Kier alpha value is -3.23. The summed E-state index contributed by atoms with van der Waals surface area (Å²) >= 11 is 0. The van der Waals surface area contributed by atoms with Gasteiger partial charge in [0.05, 0.1) is 23.7 Å². The van der Waals surface area contributed by atoms with Gasteiger partial charge in [0.2, 0.25) is 0 Å². The maximum Gasteiger partial charge on any atom is 0.312 e. The first kappa shape index (κ1) is 17.2. The predicted molar refractivity (Wildman–Crippen MR) is 96.4 cm³/mol. The van der Waals surface area contributed by atoms with Gasteiger partial charge in [-0.3, -0.25) is 9.78 Å². The Morgan fingerprint density at radius 3 is 2.81 bits per heavy atom. The van der Waals surface area contributed by atoms with Crippen LogP contribution in [0.15, 0.2) is 24.8 Å². The fraction of sp³-hybridized carbons (Fsp3) is 0.389. The Kier molecular flexibility index (Phi) is 4.14. The number of carboxylic acids is 1. The van der Waals surface area contributed by atoms with Gasteiger partial charge in [-0.2, -0.15) is 5.10 Å². The normalized spacial score (nSPS) is 14.2. The van der Waals surface area contributed by atoms with Crippen molar-refractivity contribution in [2.75, 3.05) is 6.61 Å². The van der Waals surface area contributed by atoms with E-state index in [2.05, 4.69) is 15.1 Å². The summed E-state index contributed by atoms with van der Waals surface area (Å²) in [5.74, 6) is 0.388. The molecule has 0 aliphatic carbocycles. The lowest BCUT2D eigenvalue weighted by Gasteiger charge is -2.10. The summed E-state index contributed by atoms with van der Waals surface area (Å²) in [6, 6.07) is 1.86. The third-order valence-corrected chi connectivity index (χ3v) is 4.60. The van der Waals surface area contributed by atoms with Crippen molar-refractivity contribution >= 4 is 5.97 Å². The fourth-order valence-electron chi connectivity index (χ4n) is 3.08. The third kappa shape index (κ3) is 2.94. The van der Waals surface area contributed by atoms with Crippen molar-refractivity contribution < 1.29 is 14.6 Å². The smallest absolute Gasteiger partial charge is 0.312 e. The summed E-state index contributed by atoms with van der Waals surface area (Å²) < 4.78 is 9.66. The van der Waals surface area contributed by atoms with Gasteiger partial charge in [0.1, 0.15) is 30.2 Å². The lowest BCUT2D eigenvalue weighted by molar-refractivity contribution is -0.138. The van der Waals surface area contributed by atoms with E-state index in [1.807, 2.05) is 29.3 Å². The summed E-state index contributed by atoms with van der Waals surface area (Å²) in [6.07, 6.45) is 5.09. The average molecular weight is 368 g/mol. The van der Waals surface area contributed by atoms with Crippen LogP contribution < -0.4 is 4.74 Å². The molecular weight excluding hydrogens is 348 g/mol. The standard InChI is InChI=1S/C18H20N6O3/c1-10(2)24-17(20-9-21-24)14-8-23-4-5-27-15-6-13(11(3)18(25)26)19-7-12(15)16(23)22-14/h6-11H,4-5H2,1-3H3,(H,25,26). The van der Waals surface area contributed by atoms with Crippen LogP contribution in [-0.4, -0.2) is 47.0 Å². The molecule has 1 aliphatic heterocycles. The molecule has 0 fully saturated rings. The largest absolute Gasteiger partial charge is 0.491 e. The zero-order chi connectivity index (χ0) is 19.1. The highest BCUT2D eigenvalue weighted by Gasteiger charge is 2.24. The first-order valence-electron chi connectivity index (χ1n) is 8.78. The molecule has 27 heavy (non-hydrogen) atoms. The molecule has 9 heteroatoms. The first-order valence-corrected chi connectivity index (χ1v) is 8.78. The highest BCUT2D eigenvalue weighted by Crippen LogP contribution is 2.34. The average Bonchev–Trinajstić information content (AvgIpc) is 3.25. The van der Waals surface area contributed by atoms with E-state index in [4.69, 9.17) is 9.72 Å². The number of hydrogen-bond donors (Lipinski definition) is 1. The Balaban J connectivity index is 1.79. The lowest BCUT2D eigenvalue weighted by Crippen LogP contribution is -2.10. The van der Waals surface area contributed by atoms with Crippen LogP contribution in [0.3, 0.4) is 0 Å². The molecule has 0 aromatic carbocycles. The van der Waals surface area contributed by atoms with Crippen molar-refractivity contribution in [1.82, 2.24) is 29.3 Å². The predicted octanol–water partition coefficient (Wildman–Crippen LogP) is 2.37. The van der Waals surface area contributed by atoms with Crippen molar-refractivity contribution in [2.24, 2.45) is 0 Å². The number of imidazole rings is 1. The van der Waals surface area contributed by atoms with E-state index in [9.17, 15) is 9.90 Å². The van der Waals surface area contributed by atoms with Gasteiger partial charge < -0.3 is 14.4 Å². The minimum atomic E-state index is -0.923. The Morgan fingerprint density at radius 1 is 1.26 bits per heavy atom. The van der Waals surface area contributed by atoms with Gasteiger partial charge in [-0.05, 0) is 20.8 Å². The van der Waals surface area contributed by atoms with Crippen molar-refractivity contribution in [3.63, 3.8) is 0 Å². The van der Waals surface area contributed by atoms with Crippen LogP contribution >= 0.6 is 0 Å². The van der Waals surface area contributed by atoms with Gasteiger partial charge in [-0.15, -0.1) is 0 Å². The minimum absolute atomic E-state index is 0.168. The van der Waals surface area contributed by atoms with Gasteiger partial charge in [0.15, 0.2) is 5.82 Å². The molecule has 0 bridgehead atoms. The monoisotopic (exact) mass is 368 g/mol. The molecule has 1 atom stereocenters. The molecule has 1 N–H and O–H groups in total. The number of aliphatic carboxylic acids is 1. The van der Waals surface area contributed by atoms with Crippen LogP contribution in [0.4, 0.5) is 0 Å². The first-order chi connectivity index (χ1) is 13.0. The molecular formula is C18H20N6O3. The minimum Gasteiger partial charge on any atom is -0.491 e. The van der Waals surface area contributed by atoms with E-state index in [0.717, 1.165) is 17.1 Å². The van der Waals surface area contributed by atoms with E-state index < -0.39 is 11.9 Å².